The molecule has 0 aliphatic carbocycles. The van der Waals surface area contributed by atoms with Crippen molar-refractivity contribution in [2.24, 2.45) is 17.3 Å². The standard InChI is InChI=1S/C11H21NO.C2H6/c1-9(2)10-4-5-12(3)6-11(10)7-13-8-11;1-2/h9-10H,4-8H2,1-3H3;1-2H3. The van der Waals surface area contributed by atoms with E-state index in [1.807, 2.05) is 13.8 Å². The number of ether oxygens (including phenoxy) is 1. The molecule has 1 atom stereocenters. The number of hydrogen-bond donors (Lipinski definition) is 0. The fourth-order valence-corrected chi connectivity index (χ4v) is 3.11. The highest BCUT2D eigenvalue weighted by Crippen LogP contribution is 2.44. The maximum atomic E-state index is 5.42. The van der Waals surface area contributed by atoms with Crippen molar-refractivity contribution in [2.45, 2.75) is 34.1 Å². The summed E-state index contributed by atoms with van der Waals surface area (Å²) in [5, 5.41) is 0. The minimum atomic E-state index is 0.515. The minimum Gasteiger partial charge on any atom is -0.380 e. The van der Waals surface area contributed by atoms with Gasteiger partial charge in [-0.05, 0) is 31.8 Å². The Morgan fingerprint density at radius 2 is 1.87 bits per heavy atom. The minimum absolute atomic E-state index is 0.515. The van der Waals surface area contributed by atoms with E-state index in [-0.39, 0.29) is 0 Å². The van der Waals surface area contributed by atoms with Gasteiger partial charge in [-0.2, -0.15) is 0 Å². The van der Waals surface area contributed by atoms with Gasteiger partial charge in [0.2, 0.25) is 0 Å². The smallest absolute Gasteiger partial charge is 0.0559 e. The Morgan fingerprint density at radius 3 is 2.27 bits per heavy atom. The van der Waals surface area contributed by atoms with Gasteiger partial charge < -0.3 is 9.64 Å². The van der Waals surface area contributed by atoms with Gasteiger partial charge in [0, 0.05) is 12.0 Å². The van der Waals surface area contributed by atoms with E-state index in [9.17, 15) is 0 Å². The monoisotopic (exact) mass is 213 g/mol. The van der Waals surface area contributed by atoms with Crippen LogP contribution in [0.3, 0.4) is 0 Å². The van der Waals surface area contributed by atoms with Crippen LogP contribution in [0.15, 0.2) is 0 Å². The SMILES string of the molecule is CC.CC(C)C1CCN(C)CC12COC2. The molecule has 0 bridgehead atoms. The zero-order valence-electron chi connectivity index (χ0n) is 11.0. The third kappa shape index (κ3) is 2.54. The maximum absolute atomic E-state index is 5.42. The molecule has 2 heteroatoms. The molecule has 0 saturated carbocycles. The van der Waals surface area contributed by atoms with Crippen LogP contribution in [0.2, 0.25) is 0 Å². The Labute approximate surface area is 95.0 Å². The summed E-state index contributed by atoms with van der Waals surface area (Å²) in [4.78, 5) is 2.46. The first-order chi connectivity index (χ1) is 7.14. The summed E-state index contributed by atoms with van der Waals surface area (Å²) < 4.78 is 5.42. The molecule has 90 valence electrons. The molecule has 2 saturated heterocycles. The topological polar surface area (TPSA) is 12.5 Å². The van der Waals surface area contributed by atoms with E-state index < -0.39 is 0 Å². The van der Waals surface area contributed by atoms with Gasteiger partial charge in [0.15, 0.2) is 0 Å². The van der Waals surface area contributed by atoms with Gasteiger partial charge in [0.1, 0.15) is 0 Å². The van der Waals surface area contributed by atoms with Gasteiger partial charge in [-0.15, -0.1) is 0 Å². The number of piperidine rings is 1. The average molecular weight is 213 g/mol. The molecule has 0 amide bonds. The molecular weight excluding hydrogens is 186 g/mol. The molecule has 2 aliphatic heterocycles. The van der Waals surface area contributed by atoms with Crippen LogP contribution in [0.4, 0.5) is 0 Å². The summed E-state index contributed by atoms with van der Waals surface area (Å²) in [5.41, 5.74) is 0.515. The lowest BCUT2D eigenvalue weighted by Gasteiger charge is -2.54. The van der Waals surface area contributed by atoms with E-state index in [2.05, 4.69) is 25.8 Å². The van der Waals surface area contributed by atoms with Crippen LogP contribution in [0.1, 0.15) is 34.1 Å². The lowest BCUT2D eigenvalue weighted by Crippen LogP contribution is -2.59. The van der Waals surface area contributed by atoms with E-state index in [4.69, 9.17) is 4.74 Å². The highest BCUT2D eigenvalue weighted by molar-refractivity contribution is 4.98. The van der Waals surface area contributed by atoms with Crippen molar-refractivity contribution < 1.29 is 4.74 Å². The van der Waals surface area contributed by atoms with Crippen molar-refractivity contribution in [3.05, 3.63) is 0 Å². The number of nitrogens with zero attached hydrogens (tertiary/aromatic N) is 1. The third-order valence-electron chi connectivity index (χ3n) is 3.78. The number of rotatable bonds is 1. The summed E-state index contributed by atoms with van der Waals surface area (Å²) in [6.07, 6.45) is 1.36. The van der Waals surface area contributed by atoms with Crippen molar-refractivity contribution in [2.75, 3.05) is 33.4 Å². The summed E-state index contributed by atoms with van der Waals surface area (Å²) in [6, 6.07) is 0. The lowest BCUT2D eigenvalue weighted by atomic mass is 9.65. The molecule has 0 aromatic heterocycles. The maximum Gasteiger partial charge on any atom is 0.0559 e. The molecule has 0 radical (unpaired) electrons. The first-order valence-electron chi connectivity index (χ1n) is 6.40. The summed E-state index contributed by atoms with van der Waals surface area (Å²) in [6.45, 7) is 13.2. The Bertz CT molecular complexity index is 187. The predicted molar refractivity (Wildman–Crippen MR) is 65.0 cm³/mol. The fourth-order valence-electron chi connectivity index (χ4n) is 3.11. The quantitative estimate of drug-likeness (QED) is 0.664. The van der Waals surface area contributed by atoms with Crippen molar-refractivity contribution in [3.63, 3.8) is 0 Å². The normalized spacial score (nSPS) is 29.6. The molecule has 1 unspecified atom stereocenters. The average Bonchev–Trinajstić information content (AvgIpc) is 2.18. The molecule has 0 aromatic rings. The summed E-state index contributed by atoms with van der Waals surface area (Å²) >= 11 is 0. The second-order valence-electron chi connectivity index (χ2n) is 5.23. The van der Waals surface area contributed by atoms with Crippen molar-refractivity contribution >= 4 is 0 Å². The molecule has 2 aliphatic rings. The molecule has 0 aromatic carbocycles. The second kappa shape index (κ2) is 5.31. The zero-order chi connectivity index (χ0) is 11.5. The number of likely N-dealkylation sites (tertiary alicyclic amines) is 1. The zero-order valence-corrected chi connectivity index (χ0v) is 11.0. The van der Waals surface area contributed by atoms with Crippen LogP contribution in [-0.4, -0.2) is 38.3 Å². The van der Waals surface area contributed by atoms with Crippen molar-refractivity contribution in [1.82, 2.24) is 4.90 Å². The number of hydrogen-bond acceptors (Lipinski definition) is 2. The molecular formula is C13H27NO. The van der Waals surface area contributed by atoms with E-state index in [0.29, 0.717) is 5.41 Å². The van der Waals surface area contributed by atoms with E-state index in [1.165, 1.54) is 19.5 Å². The van der Waals surface area contributed by atoms with E-state index >= 15 is 0 Å². The van der Waals surface area contributed by atoms with Crippen LogP contribution in [0, 0.1) is 17.3 Å². The third-order valence-corrected chi connectivity index (χ3v) is 3.78. The molecule has 0 N–H and O–H groups in total. The summed E-state index contributed by atoms with van der Waals surface area (Å²) in [5.74, 6) is 1.70. The first-order valence-corrected chi connectivity index (χ1v) is 6.40. The van der Waals surface area contributed by atoms with Crippen LogP contribution in [0.25, 0.3) is 0 Å². The molecule has 15 heavy (non-hydrogen) atoms. The Hall–Kier alpha value is -0.0800. The van der Waals surface area contributed by atoms with Crippen LogP contribution in [0.5, 0.6) is 0 Å². The Kier molecular flexibility index (Phi) is 4.60. The highest BCUT2D eigenvalue weighted by atomic mass is 16.5. The van der Waals surface area contributed by atoms with Gasteiger partial charge in [0.05, 0.1) is 13.2 Å². The molecule has 2 fully saturated rings. The Morgan fingerprint density at radius 1 is 1.27 bits per heavy atom. The van der Waals surface area contributed by atoms with Gasteiger partial charge in [-0.25, -0.2) is 0 Å². The van der Waals surface area contributed by atoms with E-state index in [1.54, 1.807) is 0 Å². The molecule has 1 spiro atoms. The second-order valence-corrected chi connectivity index (χ2v) is 5.23. The van der Waals surface area contributed by atoms with Crippen molar-refractivity contribution in [3.8, 4) is 0 Å². The largest absolute Gasteiger partial charge is 0.380 e. The molecule has 2 heterocycles. The van der Waals surface area contributed by atoms with E-state index in [0.717, 1.165) is 25.0 Å². The van der Waals surface area contributed by atoms with Gasteiger partial charge in [-0.1, -0.05) is 27.7 Å². The predicted octanol–water partition coefficient (Wildman–Crippen LogP) is 2.64. The van der Waals surface area contributed by atoms with Crippen LogP contribution >= 0.6 is 0 Å². The van der Waals surface area contributed by atoms with Gasteiger partial charge in [0.25, 0.3) is 0 Å². The van der Waals surface area contributed by atoms with Crippen molar-refractivity contribution in [1.29, 1.82) is 0 Å². The first kappa shape index (κ1) is 13.0. The molecule has 2 nitrogen and oxygen atoms in total. The Balaban J connectivity index is 0.000000531. The highest BCUT2D eigenvalue weighted by Gasteiger charge is 2.49. The van der Waals surface area contributed by atoms with Crippen LogP contribution < -0.4 is 0 Å². The van der Waals surface area contributed by atoms with Gasteiger partial charge in [-0.3, -0.25) is 0 Å². The summed E-state index contributed by atoms with van der Waals surface area (Å²) in [7, 11) is 2.23. The van der Waals surface area contributed by atoms with Crippen LogP contribution in [-0.2, 0) is 4.74 Å². The lowest BCUT2D eigenvalue weighted by molar-refractivity contribution is -0.181. The fraction of sp³-hybridized carbons (Fsp3) is 1.00. The molecule has 2 rings (SSSR count). The van der Waals surface area contributed by atoms with Gasteiger partial charge >= 0.3 is 0 Å².